The fourth-order valence-electron chi connectivity index (χ4n) is 1.62. The summed E-state index contributed by atoms with van der Waals surface area (Å²) in [6.45, 7) is 4.05. The van der Waals surface area contributed by atoms with Crippen LogP contribution in [0, 0.1) is 11.7 Å². The Morgan fingerprint density at radius 1 is 1.39 bits per heavy atom. The SMILES string of the molecule is CCC(C)C(N)c1nc(-c2ccccc2F)no1. The highest BCUT2D eigenvalue weighted by atomic mass is 19.1. The number of hydrogen-bond donors (Lipinski definition) is 1. The quantitative estimate of drug-likeness (QED) is 0.904. The van der Waals surface area contributed by atoms with E-state index in [4.69, 9.17) is 10.3 Å². The van der Waals surface area contributed by atoms with Gasteiger partial charge in [0.15, 0.2) is 0 Å². The van der Waals surface area contributed by atoms with Crippen LogP contribution in [0.2, 0.25) is 0 Å². The molecule has 96 valence electrons. The Bertz CT molecular complexity index is 526. The Morgan fingerprint density at radius 3 is 2.78 bits per heavy atom. The van der Waals surface area contributed by atoms with E-state index in [2.05, 4.69) is 10.1 Å². The van der Waals surface area contributed by atoms with Crippen molar-refractivity contribution in [2.24, 2.45) is 11.7 Å². The lowest BCUT2D eigenvalue weighted by Crippen LogP contribution is -2.18. The first-order chi connectivity index (χ1) is 8.63. The lowest BCUT2D eigenvalue weighted by molar-refractivity contribution is 0.312. The lowest BCUT2D eigenvalue weighted by Gasteiger charge is -2.12. The van der Waals surface area contributed by atoms with E-state index >= 15 is 0 Å². The van der Waals surface area contributed by atoms with E-state index in [0.717, 1.165) is 6.42 Å². The maximum Gasteiger partial charge on any atom is 0.244 e. The van der Waals surface area contributed by atoms with Crippen LogP contribution in [-0.2, 0) is 0 Å². The molecule has 1 aromatic carbocycles. The van der Waals surface area contributed by atoms with Crippen LogP contribution >= 0.6 is 0 Å². The monoisotopic (exact) mass is 249 g/mol. The van der Waals surface area contributed by atoms with Crippen LogP contribution < -0.4 is 5.73 Å². The standard InChI is InChI=1S/C13H16FN3O/c1-3-8(2)11(15)13-16-12(17-18-13)9-6-4-5-7-10(9)14/h4-8,11H,3,15H2,1-2H3. The van der Waals surface area contributed by atoms with Crippen molar-refractivity contribution >= 4 is 0 Å². The van der Waals surface area contributed by atoms with Gasteiger partial charge in [0.05, 0.1) is 11.6 Å². The summed E-state index contributed by atoms with van der Waals surface area (Å²) >= 11 is 0. The van der Waals surface area contributed by atoms with Crippen LogP contribution in [0.5, 0.6) is 0 Å². The molecule has 0 fully saturated rings. The molecule has 0 saturated heterocycles. The molecule has 0 saturated carbocycles. The summed E-state index contributed by atoms with van der Waals surface area (Å²) in [5.74, 6) is 0.449. The number of benzene rings is 1. The summed E-state index contributed by atoms with van der Waals surface area (Å²) in [6.07, 6.45) is 0.915. The predicted octanol–water partition coefficient (Wildman–Crippen LogP) is 2.92. The fourth-order valence-corrected chi connectivity index (χ4v) is 1.62. The van der Waals surface area contributed by atoms with Crippen LogP contribution in [0.15, 0.2) is 28.8 Å². The molecule has 0 spiro atoms. The minimum Gasteiger partial charge on any atom is -0.337 e. The molecule has 18 heavy (non-hydrogen) atoms. The average Bonchev–Trinajstić information content (AvgIpc) is 2.87. The van der Waals surface area contributed by atoms with Gasteiger partial charge in [-0.15, -0.1) is 0 Å². The van der Waals surface area contributed by atoms with Crippen LogP contribution in [0.25, 0.3) is 11.4 Å². The molecule has 2 atom stereocenters. The summed E-state index contributed by atoms with van der Waals surface area (Å²) in [7, 11) is 0. The van der Waals surface area contributed by atoms with Gasteiger partial charge in [-0.3, -0.25) is 0 Å². The molecule has 2 aromatic rings. The van der Waals surface area contributed by atoms with Crippen molar-refractivity contribution in [1.82, 2.24) is 10.1 Å². The van der Waals surface area contributed by atoms with Crippen molar-refractivity contribution in [3.8, 4) is 11.4 Å². The third-order valence-corrected chi connectivity index (χ3v) is 3.10. The molecule has 1 heterocycles. The molecule has 0 aliphatic heterocycles. The Labute approximate surface area is 105 Å². The smallest absolute Gasteiger partial charge is 0.244 e. The first-order valence-electron chi connectivity index (χ1n) is 5.97. The van der Waals surface area contributed by atoms with E-state index in [9.17, 15) is 4.39 Å². The highest BCUT2D eigenvalue weighted by Crippen LogP contribution is 2.24. The largest absolute Gasteiger partial charge is 0.337 e. The van der Waals surface area contributed by atoms with Crippen molar-refractivity contribution in [1.29, 1.82) is 0 Å². The fraction of sp³-hybridized carbons (Fsp3) is 0.385. The molecular weight excluding hydrogens is 233 g/mol. The van der Waals surface area contributed by atoms with Gasteiger partial charge in [0, 0.05) is 0 Å². The second-order valence-electron chi connectivity index (χ2n) is 4.35. The van der Waals surface area contributed by atoms with Gasteiger partial charge in [0.1, 0.15) is 5.82 Å². The zero-order valence-electron chi connectivity index (χ0n) is 10.4. The summed E-state index contributed by atoms with van der Waals surface area (Å²) < 4.78 is 18.7. The van der Waals surface area contributed by atoms with Crippen molar-refractivity contribution < 1.29 is 8.91 Å². The van der Waals surface area contributed by atoms with Crippen molar-refractivity contribution in [3.05, 3.63) is 36.0 Å². The molecule has 1 aromatic heterocycles. The first kappa shape index (κ1) is 12.7. The predicted molar refractivity (Wildman–Crippen MR) is 66.1 cm³/mol. The van der Waals surface area contributed by atoms with Gasteiger partial charge >= 0.3 is 0 Å². The van der Waals surface area contributed by atoms with E-state index in [-0.39, 0.29) is 23.6 Å². The Balaban J connectivity index is 2.29. The Kier molecular flexibility index (Phi) is 3.72. The van der Waals surface area contributed by atoms with E-state index in [1.807, 2.05) is 13.8 Å². The van der Waals surface area contributed by atoms with Gasteiger partial charge in [-0.2, -0.15) is 4.98 Å². The lowest BCUT2D eigenvalue weighted by atomic mass is 10.0. The zero-order valence-corrected chi connectivity index (χ0v) is 10.4. The summed E-state index contributed by atoms with van der Waals surface area (Å²) in [4.78, 5) is 4.17. The molecule has 0 aliphatic carbocycles. The van der Waals surface area contributed by atoms with E-state index in [1.165, 1.54) is 6.07 Å². The normalized spacial score (nSPS) is 14.4. The van der Waals surface area contributed by atoms with Crippen LogP contribution in [0.1, 0.15) is 32.2 Å². The van der Waals surface area contributed by atoms with E-state index < -0.39 is 0 Å². The van der Waals surface area contributed by atoms with Crippen molar-refractivity contribution in [2.45, 2.75) is 26.3 Å². The third kappa shape index (κ3) is 2.41. The van der Waals surface area contributed by atoms with Crippen molar-refractivity contribution in [3.63, 3.8) is 0 Å². The molecule has 2 N–H and O–H groups in total. The molecule has 0 amide bonds. The molecule has 0 radical (unpaired) electrons. The Hall–Kier alpha value is -1.75. The van der Waals surface area contributed by atoms with Crippen molar-refractivity contribution in [2.75, 3.05) is 0 Å². The van der Waals surface area contributed by atoms with Crippen LogP contribution in [0.4, 0.5) is 4.39 Å². The molecular formula is C13H16FN3O. The van der Waals surface area contributed by atoms with Gasteiger partial charge < -0.3 is 10.3 Å². The molecule has 2 rings (SSSR count). The number of nitrogens with zero attached hydrogens (tertiary/aromatic N) is 2. The van der Waals surface area contributed by atoms with Crippen LogP contribution in [-0.4, -0.2) is 10.1 Å². The summed E-state index contributed by atoms with van der Waals surface area (Å²) in [5, 5.41) is 3.78. The molecule has 5 heteroatoms. The minimum absolute atomic E-state index is 0.235. The molecule has 4 nitrogen and oxygen atoms in total. The average molecular weight is 249 g/mol. The highest BCUT2D eigenvalue weighted by Gasteiger charge is 2.21. The van der Waals surface area contributed by atoms with E-state index in [0.29, 0.717) is 11.5 Å². The first-order valence-corrected chi connectivity index (χ1v) is 5.97. The van der Waals surface area contributed by atoms with E-state index in [1.54, 1.807) is 18.2 Å². The number of nitrogens with two attached hydrogens (primary N) is 1. The van der Waals surface area contributed by atoms with Gasteiger partial charge in [0.2, 0.25) is 11.7 Å². The number of halogens is 1. The van der Waals surface area contributed by atoms with Gasteiger partial charge in [-0.25, -0.2) is 4.39 Å². The van der Waals surface area contributed by atoms with Gasteiger partial charge in [0.25, 0.3) is 0 Å². The molecule has 0 bridgehead atoms. The molecule has 0 aliphatic rings. The Morgan fingerprint density at radius 2 is 2.11 bits per heavy atom. The maximum absolute atomic E-state index is 13.6. The van der Waals surface area contributed by atoms with Gasteiger partial charge in [-0.05, 0) is 18.1 Å². The topological polar surface area (TPSA) is 64.9 Å². The second-order valence-corrected chi connectivity index (χ2v) is 4.35. The van der Waals surface area contributed by atoms with Gasteiger partial charge in [-0.1, -0.05) is 37.6 Å². The third-order valence-electron chi connectivity index (χ3n) is 3.10. The van der Waals surface area contributed by atoms with Crippen LogP contribution in [0.3, 0.4) is 0 Å². The highest BCUT2D eigenvalue weighted by molar-refractivity contribution is 5.54. The molecule has 2 unspecified atom stereocenters. The summed E-state index contributed by atoms with van der Waals surface area (Å²) in [6, 6.07) is 6.00. The minimum atomic E-state index is -0.373. The number of rotatable bonds is 4. The number of hydrogen-bond acceptors (Lipinski definition) is 4. The maximum atomic E-state index is 13.6. The second kappa shape index (κ2) is 5.27. The summed E-state index contributed by atoms with van der Waals surface area (Å²) in [5.41, 5.74) is 6.31. The number of aromatic nitrogens is 2. The zero-order chi connectivity index (χ0) is 13.1.